The summed E-state index contributed by atoms with van der Waals surface area (Å²) in [6.07, 6.45) is 1.84. The number of ether oxygens (including phenoxy) is 1. The largest absolute Gasteiger partial charge is 0.469 e. The molecule has 5 nitrogen and oxygen atoms in total. The van der Waals surface area contributed by atoms with Crippen LogP contribution in [0.1, 0.15) is 33.6 Å². The summed E-state index contributed by atoms with van der Waals surface area (Å²) >= 11 is 0. The summed E-state index contributed by atoms with van der Waals surface area (Å²) in [5.41, 5.74) is 3.59. The van der Waals surface area contributed by atoms with E-state index in [9.17, 15) is 9.59 Å². The molecule has 0 radical (unpaired) electrons. The summed E-state index contributed by atoms with van der Waals surface area (Å²) in [4.78, 5) is 30.2. The van der Waals surface area contributed by atoms with Crippen molar-refractivity contribution in [3.05, 3.63) is 65.0 Å². The standard InChI is InChI=1S/C19H22N2O3/c1-14-7-8-16(12-15(14)2)19(23)21(11-9-18(22)24-3)13-17-6-4-5-10-20-17/h4-8,10,12H,9,11,13H2,1-3H3. The lowest BCUT2D eigenvalue weighted by molar-refractivity contribution is -0.140. The smallest absolute Gasteiger partial charge is 0.307 e. The first kappa shape index (κ1) is 17.7. The molecule has 24 heavy (non-hydrogen) atoms. The van der Waals surface area contributed by atoms with E-state index in [-0.39, 0.29) is 24.8 Å². The van der Waals surface area contributed by atoms with E-state index in [1.165, 1.54) is 7.11 Å². The van der Waals surface area contributed by atoms with Gasteiger partial charge in [0.15, 0.2) is 0 Å². The average molecular weight is 326 g/mol. The Morgan fingerprint density at radius 3 is 2.54 bits per heavy atom. The molecule has 0 fully saturated rings. The average Bonchev–Trinajstić information content (AvgIpc) is 2.60. The molecule has 0 atom stereocenters. The maximum atomic E-state index is 12.9. The topological polar surface area (TPSA) is 59.5 Å². The van der Waals surface area contributed by atoms with Gasteiger partial charge in [-0.25, -0.2) is 0 Å². The van der Waals surface area contributed by atoms with Gasteiger partial charge < -0.3 is 9.64 Å². The summed E-state index contributed by atoms with van der Waals surface area (Å²) in [7, 11) is 1.34. The quantitative estimate of drug-likeness (QED) is 0.766. The number of hydrogen-bond acceptors (Lipinski definition) is 4. The first-order valence-electron chi connectivity index (χ1n) is 7.84. The number of pyridine rings is 1. The van der Waals surface area contributed by atoms with E-state index in [4.69, 9.17) is 0 Å². The first-order valence-corrected chi connectivity index (χ1v) is 7.84. The van der Waals surface area contributed by atoms with Crippen molar-refractivity contribution in [2.24, 2.45) is 0 Å². The number of carbonyl (C=O) groups excluding carboxylic acids is 2. The number of benzene rings is 1. The van der Waals surface area contributed by atoms with E-state index < -0.39 is 0 Å². The van der Waals surface area contributed by atoms with Crippen molar-refractivity contribution < 1.29 is 14.3 Å². The Morgan fingerprint density at radius 1 is 1.12 bits per heavy atom. The number of nitrogens with zero attached hydrogens (tertiary/aromatic N) is 2. The van der Waals surface area contributed by atoms with Gasteiger partial charge in [-0.05, 0) is 49.2 Å². The number of methoxy groups -OCH3 is 1. The van der Waals surface area contributed by atoms with Gasteiger partial charge in [0.1, 0.15) is 0 Å². The Labute approximate surface area is 142 Å². The molecule has 0 aliphatic carbocycles. The van der Waals surface area contributed by atoms with E-state index in [0.29, 0.717) is 12.1 Å². The second kappa shape index (κ2) is 8.24. The number of aryl methyl sites for hydroxylation is 2. The Balaban J connectivity index is 2.20. The van der Waals surface area contributed by atoms with Gasteiger partial charge in [-0.1, -0.05) is 12.1 Å². The second-order valence-electron chi connectivity index (χ2n) is 5.67. The van der Waals surface area contributed by atoms with Crippen molar-refractivity contribution in [1.29, 1.82) is 0 Å². The van der Waals surface area contributed by atoms with Gasteiger partial charge >= 0.3 is 5.97 Å². The highest BCUT2D eigenvalue weighted by atomic mass is 16.5. The number of aromatic nitrogens is 1. The van der Waals surface area contributed by atoms with Gasteiger partial charge in [0, 0.05) is 18.3 Å². The molecule has 0 aliphatic heterocycles. The molecular formula is C19H22N2O3. The van der Waals surface area contributed by atoms with Gasteiger partial charge in [-0.3, -0.25) is 14.6 Å². The summed E-state index contributed by atoms with van der Waals surface area (Å²) in [6.45, 7) is 4.62. The molecule has 126 valence electrons. The molecule has 2 aromatic rings. The monoisotopic (exact) mass is 326 g/mol. The van der Waals surface area contributed by atoms with Crippen LogP contribution in [0.3, 0.4) is 0 Å². The molecule has 0 unspecified atom stereocenters. The number of hydrogen-bond donors (Lipinski definition) is 0. The molecule has 0 spiro atoms. The van der Waals surface area contributed by atoms with Crippen LogP contribution in [0.5, 0.6) is 0 Å². The summed E-state index contributed by atoms with van der Waals surface area (Å²) in [6, 6.07) is 11.2. The fourth-order valence-corrected chi connectivity index (χ4v) is 2.32. The molecule has 5 heteroatoms. The Kier molecular flexibility index (Phi) is 6.07. The van der Waals surface area contributed by atoms with Gasteiger partial charge in [-0.2, -0.15) is 0 Å². The number of carbonyl (C=O) groups is 2. The third-order valence-corrected chi connectivity index (χ3v) is 3.93. The molecule has 0 saturated carbocycles. The van der Waals surface area contributed by atoms with E-state index in [1.807, 2.05) is 50.2 Å². The van der Waals surface area contributed by atoms with Crippen molar-refractivity contribution in [2.45, 2.75) is 26.8 Å². The zero-order chi connectivity index (χ0) is 17.5. The molecule has 0 aliphatic rings. The van der Waals surface area contributed by atoms with E-state index >= 15 is 0 Å². The van der Waals surface area contributed by atoms with Crippen LogP contribution in [0.15, 0.2) is 42.6 Å². The summed E-state index contributed by atoms with van der Waals surface area (Å²) in [5.74, 6) is -0.457. The molecule has 0 saturated heterocycles. The zero-order valence-electron chi connectivity index (χ0n) is 14.3. The minimum Gasteiger partial charge on any atom is -0.469 e. The molecule has 1 aromatic carbocycles. The molecule has 0 N–H and O–H groups in total. The highest BCUT2D eigenvalue weighted by molar-refractivity contribution is 5.94. The lowest BCUT2D eigenvalue weighted by atomic mass is 10.1. The maximum absolute atomic E-state index is 12.9. The number of esters is 1. The van der Waals surface area contributed by atoms with Crippen molar-refractivity contribution >= 4 is 11.9 Å². The lowest BCUT2D eigenvalue weighted by Crippen LogP contribution is -2.33. The van der Waals surface area contributed by atoms with E-state index in [1.54, 1.807) is 11.1 Å². The molecule has 2 rings (SSSR count). The Morgan fingerprint density at radius 2 is 1.92 bits per heavy atom. The second-order valence-corrected chi connectivity index (χ2v) is 5.67. The van der Waals surface area contributed by atoms with Gasteiger partial charge in [0.05, 0.1) is 25.8 Å². The normalized spacial score (nSPS) is 10.3. The third kappa shape index (κ3) is 4.65. The Hall–Kier alpha value is -2.69. The lowest BCUT2D eigenvalue weighted by Gasteiger charge is -2.22. The van der Waals surface area contributed by atoms with Crippen LogP contribution in [0.2, 0.25) is 0 Å². The summed E-state index contributed by atoms with van der Waals surface area (Å²) in [5, 5.41) is 0. The predicted octanol–water partition coefficient (Wildman–Crippen LogP) is 2.90. The highest BCUT2D eigenvalue weighted by Gasteiger charge is 2.18. The van der Waals surface area contributed by atoms with Crippen LogP contribution >= 0.6 is 0 Å². The fourth-order valence-electron chi connectivity index (χ4n) is 2.32. The molecule has 1 amide bonds. The van der Waals surface area contributed by atoms with Crippen LogP contribution in [0, 0.1) is 13.8 Å². The van der Waals surface area contributed by atoms with Crippen LogP contribution in [0.4, 0.5) is 0 Å². The SMILES string of the molecule is COC(=O)CCN(Cc1ccccn1)C(=O)c1ccc(C)c(C)c1. The summed E-state index contributed by atoms with van der Waals surface area (Å²) < 4.78 is 4.68. The minimum absolute atomic E-state index is 0.118. The maximum Gasteiger partial charge on any atom is 0.307 e. The van der Waals surface area contributed by atoms with Crippen molar-refractivity contribution in [1.82, 2.24) is 9.88 Å². The number of amides is 1. The van der Waals surface area contributed by atoms with Crippen LogP contribution in [-0.2, 0) is 16.1 Å². The van der Waals surface area contributed by atoms with E-state index in [0.717, 1.165) is 16.8 Å². The number of rotatable bonds is 6. The van der Waals surface area contributed by atoms with Crippen molar-refractivity contribution in [3.63, 3.8) is 0 Å². The molecular weight excluding hydrogens is 304 g/mol. The Bertz CT molecular complexity index is 714. The minimum atomic E-state index is -0.339. The van der Waals surface area contributed by atoms with Crippen LogP contribution in [0.25, 0.3) is 0 Å². The van der Waals surface area contributed by atoms with Gasteiger partial charge in [0.2, 0.25) is 0 Å². The predicted molar refractivity (Wildman–Crippen MR) is 91.5 cm³/mol. The van der Waals surface area contributed by atoms with E-state index in [2.05, 4.69) is 9.72 Å². The molecule has 0 bridgehead atoms. The van der Waals surface area contributed by atoms with Gasteiger partial charge in [-0.15, -0.1) is 0 Å². The third-order valence-electron chi connectivity index (χ3n) is 3.93. The molecule has 1 aromatic heterocycles. The first-order chi connectivity index (χ1) is 11.5. The highest BCUT2D eigenvalue weighted by Crippen LogP contribution is 2.14. The van der Waals surface area contributed by atoms with Gasteiger partial charge in [0.25, 0.3) is 5.91 Å². The fraction of sp³-hybridized carbons (Fsp3) is 0.316. The van der Waals surface area contributed by atoms with Crippen molar-refractivity contribution in [3.8, 4) is 0 Å². The van der Waals surface area contributed by atoms with Crippen molar-refractivity contribution in [2.75, 3.05) is 13.7 Å². The molecule has 1 heterocycles. The zero-order valence-corrected chi connectivity index (χ0v) is 14.3. The van der Waals surface area contributed by atoms with Crippen LogP contribution < -0.4 is 0 Å². The van der Waals surface area contributed by atoms with Crippen LogP contribution in [-0.4, -0.2) is 35.4 Å².